The predicted octanol–water partition coefficient (Wildman–Crippen LogP) is 3.61. The highest BCUT2D eigenvalue weighted by Crippen LogP contribution is 2.28. The first kappa shape index (κ1) is 15.1. The minimum absolute atomic E-state index is 0.708. The average molecular weight is 286 g/mol. The number of piperidine rings is 1. The lowest BCUT2D eigenvalue weighted by Crippen LogP contribution is -2.54. The van der Waals surface area contributed by atoms with Crippen LogP contribution in [0.4, 0.5) is 0 Å². The fourth-order valence-electron chi connectivity index (χ4n) is 4.29. The van der Waals surface area contributed by atoms with E-state index < -0.39 is 0 Å². The molecule has 1 aromatic rings. The van der Waals surface area contributed by atoms with Gasteiger partial charge in [-0.15, -0.1) is 0 Å². The van der Waals surface area contributed by atoms with E-state index in [9.17, 15) is 0 Å². The maximum atomic E-state index is 3.76. The van der Waals surface area contributed by atoms with Gasteiger partial charge < -0.3 is 5.32 Å². The molecule has 0 bridgehead atoms. The van der Waals surface area contributed by atoms with Crippen molar-refractivity contribution in [3.05, 3.63) is 35.9 Å². The molecule has 21 heavy (non-hydrogen) atoms. The standard InChI is InChI=1S/C19H30N2/c1-2-17(15-16-9-4-3-5-10-16)21-14-7-6-12-19(21)18-11-8-13-20-18/h3-5,9-10,17-20H,2,6-8,11-15H2,1H3. The zero-order chi connectivity index (χ0) is 14.5. The van der Waals surface area contributed by atoms with E-state index in [1.54, 1.807) is 0 Å². The molecule has 0 radical (unpaired) electrons. The van der Waals surface area contributed by atoms with Crippen LogP contribution in [0.25, 0.3) is 0 Å². The van der Waals surface area contributed by atoms with Crippen molar-refractivity contribution in [3.63, 3.8) is 0 Å². The lowest BCUT2D eigenvalue weighted by Gasteiger charge is -2.44. The molecule has 2 heterocycles. The lowest BCUT2D eigenvalue weighted by molar-refractivity contribution is 0.0705. The maximum Gasteiger partial charge on any atom is 0.0252 e. The van der Waals surface area contributed by atoms with Crippen molar-refractivity contribution in [1.29, 1.82) is 0 Å². The molecule has 2 heteroatoms. The largest absolute Gasteiger partial charge is 0.312 e. The third-order valence-corrected chi connectivity index (χ3v) is 5.41. The van der Waals surface area contributed by atoms with Gasteiger partial charge in [0.15, 0.2) is 0 Å². The van der Waals surface area contributed by atoms with Gasteiger partial charge in [-0.2, -0.15) is 0 Å². The van der Waals surface area contributed by atoms with Crippen molar-refractivity contribution >= 4 is 0 Å². The van der Waals surface area contributed by atoms with E-state index >= 15 is 0 Å². The highest BCUT2D eigenvalue weighted by Gasteiger charge is 2.34. The summed E-state index contributed by atoms with van der Waals surface area (Å²) in [6, 6.07) is 13.3. The van der Waals surface area contributed by atoms with Gasteiger partial charge in [0.1, 0.15) is 0 Å². The average Bonchev–Trinajstić information content (AvgIpc) is 3.08. The quantitative estimate of drug-likeness (QED) is 0.889. The van der Waals surface area contributed by atoms with Gasteiger partial charge in [0.05, 0.1) is 0 Å². The van der Waals surface area contributed by atoms with E-state index in [1.165, 1.54) is 63.6 Å². The number of rotatable bonds is 5. The van der Waals surface area contributed by atoms with Crippen LogP contribution in [0.3, 0.4) is 0 Å². The highest BCUT2D eigenvalue weighted by molar-refractivity contribution is 5.16. The van der Waals surface area contributed by atoms with Crippen LogP contribution in [-0.4, -0.2) is 36.1 Å². The lowest BCUT2D eigenvalue weighted by atomic mass is 9.90. The Kier molecular flexibility index (Phi) is 5.32. The van der Waals surface area contributed by atoms with Gasteiger partial charge in [-0.1, -0.05) is 43.7 Å². The van der Waals surface area contributed by atoms with Gasteiger partial charge in [0.25, 0.3) is 0 Å². The number of nitrogens with zero attached hydrogens (tertiary/aromatic N) is 1. The molecule has 3 rings (SSSR count). The summed E-state index contributed by atoms with van der Waals surface area (Å²) in [6.45, 7) is 4.89. The van der Waals surface area contributed by atoms with Gasteiger partial charge in [-0.3, -0.25) is 4.90 Å². The maximum absolute atomic E-state index is 3.76. The summed E-state index contributed by atoms with van der Waals surface area (Å²) in [7, 11) is 0. The van der Waals surface area contributed by atoms with Gasteiger partial charge >= 0.3 is 0 Å². The molecule has 0 aromatic heterocycles. The third-order valence-electron chi connectivity index (χ3n) is 5.41. The molecule has 2 aliphatic rings. The van der Waals surface area contributed by atoms with Gasteiger partial charge in [-0.25, -0.2) is 0 Å². The first-order chi connectivity index (χ1) is 10.4. The number of nitrogens with one attached hydrogen (secondary N) is 1. The Balaban J connectivity index is 1.70. The first-order valence-electron chi connectivity index (χ1n) is 8.91. The van der Waals surface area contributed by atoms with Crippen LogP contribution in [0.2, 0.25) is 0 Å². The molecule has 116 valence electrons. The molecule has 2 saturated heterocycles. The van der Waals surface area contributed by atoms with Crippen molar-refractivity contribution < 1.29 is 0 Å². The van der Waals surface area contributed by atoms with E-state index in [1.807, 2.05) is 0 Å². The van der Waals surface area contributed by atoms with Crippen molar-refractivity contribution in [1.82, 2.24) is 10.2 Å². The highest BCUT2D eigenvalue weighted by atomic mass is 15.2. The number of hydrogen-bond acceptors (Lipinski definition) is 2. The van der Waals surface area contributed by atoms with Crippen LogP contribution in [-0.2, 0) is 6.42 Å². The summed E-state index contributed by atoms with van der Waals surface area (Å²) < 4.78 is 0. The minimum Gasteiger partial charge on any atom is -0.312 e. The summed E-state index contributed by atoms with van der Waals surface area (Å²) in [5, 5.41) is 3.76. The first-order valence-corrected chi connectivity index (χ1v) is 8.91. The van der Waals surface area contributed by atoms with Crippen LogP contribution in [0, 0.1) is 0 Å². The van der Waals surface area contributed by atoms with Crippen LogP contribution in [0.5, 0.6) is 0 Å². The molecule has 1 N–H and O–H groups in total. The Morgan fingerprint density at radius 1 is 1.14 bits per heavy atom. The normalized spacial score (nSPS) is 28.6. The minimum atomic E-state index is 0.708. The Morgan fingerprint density at radius 3 is 2.71 bits per heavy atom. The molecule has 0 spiro atoms. The fraction of sp³-hybridized carbons (Fsp3) is 0.684. The van der Waals surface area contributed by atoms with Crippen LogP contribution in [0.1, 0.15) is 51.0 Å². The Morgan fingerprint density at radius 2 is 2.00 bits per heavy atom. The molecular weight excluding hydrogens is 256 g/mol. The van der Waals surface area contributed by atoms with E-state index in [0.717, 1.165) is 12.1 Å². The summed E-state index contributed by atoms with van der Waals surface area (Å²) >= 11 is 0. The van der Waals surface area contributed by atoms with Crippen molar-refractivity contribution in [2.75, 3.05) is 13.1 Å². The van der Waals surface area contributed by atoms with E-state index in [-0.39, 0.29) is 0 Å². The smallest absolute Gasteiger partial charge is 0.0252 e. The summed E-state index contributed by atoms with van der Waals surface area (Å²) in [5.41, 5.74) is 1.49. The Hall–Kier alpha value is -0.860. The van der Waals surface area contributed by atoms with Crippen LogP contribution < -0.4 is 5.32 Å². The monoisotopic (exact) mass is 286 g/mol. The molecule has 3 atom stereocenters. The van der Waals surface area contributed by atoms with Gasteiger partial charge in [0, 0.05) is 18.1 Å². The molecule has 0 saturated carbocycles. The zero-order valence-corrected chi connectivity index (χ0v) is 13.4. The van der Waals surface area contributed by atoms with Gasteiger partial charge in [0.2, 0.25) is 0 Å². The number of likely N-dealkylation sites (tertiary alicyclic amines) is 1. The van der Waals surface area contributed by atoms with Crippen LogP contribution >= 0.6 is 0 Å². The molecular formula is C19H30N2. The topological polar surface area (TPSA) is 15.3 Å². The van der Waals surface area contributed by atoms with E-state index in [4.69, 9.17) is 0 Å². The van der Waals surface area contributed by atoms with Crippen LogP contribution in [0.15, 0.2) is 30.3 Å². The molecule has 2 aliphatic heterocycles. The second-order valence-corrected chi connectivity index (χ2v) is 6.76. The fourth-order valence-corrected chi connectivity index (χ4v) is 4.29. The molecule has 2 nitrogen and oxygen atoms in total. The second kappa shape index (κ2) is 7.42. The summed E-state index contributed by atoms with van der Waals surface area (Å²) in [6.07, 6.45) is 9.41. The Bertz CT molecular complexity index is 411. The predicted molar refractivity (Wildman–Crippen MR) is 89.6 cm³/mol. The summed E-state index contributed by atoms with van der Waals surface area (Å²) in [5.74, 6) is 0. The third kappa shape index (κ3) is 3.67. The van der Waals surface area contributed by atoms with Crippen molar-refractivity contribution in [3.8, 4) is 0 Å². The number of hydrogen-bond donors (Lipinski definition) is 1. The molecule has 2 fully saturated rings. The summed E-state index contributed by atoms with van der Waals surface area (Å²) in [4.78, 5) is 2.85. The number of benzene rings is 1. The SMILES string of the molecule is CCC(Cc1ccccc1)N1CCCCC1C1CCCN1. The zero-order valence-electron chi connectivity index (χ0n) is 13.4. The molecule has 1 aromatic carbocycles. The van der Waals surface area contributed by atoms with Crippen molar-refractivity contribution in [2.24, 2.45) is 0 Å². The molecule has 0 aliphatic carbocycles. The van der Waals surface area contributed by atoms with Gasteiger partial charge in [-0.05, 0) is 57.2 Å². The molecule has 3 unspecified atom stereocenters. The van der Waals surface area contributed by atoms with Crippen molar-refractivity contribution in [2.45, 2.75) is 70.0 Å². The van der Waals surface area contributed by atoms with E-state index in [0.29, 0.717) is 6.04 Å². The van der Waals surface area contributed by atoms with E-state index in [2.05, 4.69) is 47.5 Å². The second-order valence-electron chi connectivity index (χ2n) is 6.76. The Labute approximate surface area is 129 Å². The molecule has 0 amide bonds.